The highest BCUT2D eigenvalue weighted by atomic mass is 15.0. The lowest BCUT2D eigenvalue weighted by Crippen LogP contribution is -2.02. The molecule has 0 bridgehead atoms. The number of hydrogen-bond donors (Lipinski definition) is 0. The molecule has 10 rings (SSSR count). The van der Waals surface area contributed by atoms with Crippen LogP contribution < -0.4 is 0 Å². The van der Waals surface area contributed by atoms with Crippen LogP contribution in [0.4, 0.5) is 0 Å². The lowest BCUT2D eigenvalue weighted by atomic mass is 9.96. The summed E-state index contributed by atoms with van der Waals surface area (Å²) in [7, 11) is 0. The minimum atomic E-state index is 0.381. The SMILES string of the molecule is [2H]c1cc(-c2nc(-c3ccccc3)nc(-c3cc(-c4ccccc4)cc(-c4ccccc4)c3)n2)cc(-n2c3ccccc3c3ccccc32)c1-c1ccccc1. The van der Waals surface area contributed by atoms with Gasteiger partial charge in [0.15, 0.2) is 17.5 Å². The summed E-state index contributed by atoms with van der Waals surface area (Å²) in [6, 6.07) is 69.0. The van der Waals surface area contributed by atoms with Gasteiger partial charge in [0.1, 0.15) is 0 Å². The predicted molar refractivity (Wildman–Crippen MR) is 227 cm³/mol. The minimum Gasteiger partial charge on any atom is -0.309 e. The van der Waals surface area contributed by atoms with Crippen molar-refractivity contribution < 1.29 is 1.37 Å². The molecule has 0 aliphatic carbocycles. The molecule has 8 aromatic carbocycles. The Bertz CT molecular complexity index is 2900. The molecule has 0 saturated carbocycles. The summed E-state index contributed by atoms with van der Waals surface area (Å²) in [5.41, 5.74) is 11.7. The maximum absolute atomic E-state index is 9.66. The fraction of sp³-hybridized carbons (Fsp3) is 0. The van der Waals surface area contributed by atoms with E-state index in [-0.39, 0.29) is 0 Å². The molecule has 4 nitrogen and oxygen atoms in total. The summed E-state index contributed by atoms with van der Waals surface area (Å²) in [6.07, 6.45) is 0. The number of fused-ring (bicyclic) bond motifs is 3. The fourth-order valence-electron chi connectivity index (χ4n) is 7.51. The van der Waals surface area contributed by atoms with Gasteiger partial charge in [-0.05, 0) is 64.2 Å². The van der Waals surface area contributed by atoms with E-state index in [1.165, 1.54) is 0 Å². The van der Waals surface area contributed by atoms with Gasteiger partial charge in [0, 0.05) is 33.0 Å². The van der Waals surface area contributed by atoms with Crippen molar-refractivity contribution in [2.75, 3.05) is 0 Å². The first-order chi connectivity index (χ1) is 27.7. The average molecular weight is 704 g/mol. The van der Waals surface area contributed by atoms with E-state index in [0.29, 0.717) is 23.5 Å². The van der Waals surface area contributed by atoms with Crippen molar-refractivity contribution in [2.45, 2.75) is 0 Å². The summed E-state index contributed by atoms with van der Waals surface area (Å²) < 4.78 is 11.9. The quantitative estimate of drug-likeness (QED) is 0.166. The molecule has 0 atom stereocenters. The summed E-state index contributed by atoms with van der Waals surface area (Å²) >= 11 is 0. The molecule has 258 valence electrons. The van der Waals surface area contributed by atoms with Gasteiger partial charge in [-0.25, -0.2) is 15.0 Å². The monoisotopic (exact) mass is 703 g/mol. The zero-order valence-electron chi connectivity index (χ0n) is 30.8. The molecule has 0 aliphatic heterocycles. The van der Waals surface area contributed by atoms with E-state index >= 15 is 0 Å². The molecule has 0 unspecified atom stereocenters. The predicted octanol–water partition coefficient (Wildman–Crippen LogP) is 13.0. The van der Waals surface area contributed by atoms with Crippen LogP contribution in [0.1, 0.15) is 1.37 Å². The maximum atomic E-state index is 9.66. The highest BCUT2D eigenvalue weighted by Gasteiger charge is 2.19. The van der Waals surface area contributed by atoms with E-state index in [9.17, 15) is 1.37 Å². The van der Waals surface area contributed by atoms with Gasteiger partial charge in [0.05, 0.1) is 18.1 Å². The Kier molecular flexibility index (Phi) is 7.84. The van der Waals surface area contributed by atoms with E-state index in [2.05, 4.69) is 138 Å². The first-order valence-corrected chi connectivity index (χ1v) is 18.4. The lowest BCUT2D eigenvalue weighted by Gasteiger charge is -2.16. The van der Waals surface area contributed by atoms with Crippen LogP contribution in [0.3, 0.4) is 0 Å². The maximum Gasteiger partial charge on any atom is 0.164 e. The lowest BCUT2D eigenvalue weighted by molar-refractivity contribution is 1.07. The van der Waals surface area contributed by atoms with Gasteiger partial charge in [0.25, 0.3) is 0 Å². The van der Waals surface area contributed by atoms with Gasteiger partial charge in [-0.15, -0.1) is 0 Å². The average Bonchev–Trinajstić information content (AvgIpc) is 3.61. The van der Waals surface area contributed by atoms with Crippen molar-refractivity contribution >= 4 is 21.8 Å². The third-order valence-corrected chi connectivity index (χ3v) is 10.1. The number of benzene rings is 8. The molecule has 0 saturated heterocycles. The number of hydrogen-bond acceptors (Lipinski definition) is 3. The molecule has 0 radical (unpaired) electrons. The second-order valence-electron chi connectivity index (χ2n) is 13.6. The van der Waals surface area contributed by atoms with Gasteiger partial charge < -0.3 is 4.57 Å². The van der Waals surface area contributed by atoms with Crippen molar-refractivity contribution in [1.82, 2.24) is 19.5 Å². The number of nitrogens with zero attached hydrogens (tertiary/aromatic N) is 4. The number of para-hydroxylation sites is 2. The Morgan fingerprint density at radius 3 is 1.25 bits per heavy atom. The first-order valence-electron chi connectivity index (χ1n) is 18.9. The number of rotatable bonds is 7. The Balaban J connectivity index is 1.24. The Labute approximate surface area is 321 Å². The van der Waals surface area contributed by atoms with Crippen LogP contribution in [-0.4, -0.2) is 19.5 Å². The normalized spacial score (nSPS) is 11.5. The second kappa shape index (κ2) is 13.8. The summed E-state index contributed by atoms with van der Waals surface area (Å²) in [5, 5.41) is 2.31. The van der Waals surface area contributed by atoms with Crippen molar-refractivity contribution in [3.05, 3.63) is 206 Å². The van der Waals surface area contributed by atoms with Gasteiger partial charge in [-0.2, -0.15) is 0 Å². The van der Waals surface area contributed by atoms with E-state index in [0.717, 1.165) is 77.6 Å². The van der Waals surface area contributed by atoms with Crippen molar-refractivity contribution in [3.8, 4) is 73.2 Å². The summed E-state index contributed by atoms with van der Waals surface area (Å²) in [5.74, 6) is 1.62. The standard InChI is InChI=1S/C51H34N4/c1-5-17-35(18-6-1)40-31-41(36-19-7-2-8-20-36)33-42(32-40)51-53-49(38-23-11-4-12-24-38)52-50(54-51)39-29-30-43(37-21-9-3-10-22-37)48(34-39)55-46-27-15-13-25-44(46)45-26-14-16-28-47(45)55/h1-34H/i30D. The topological polar surface area (TPSA) is 43.6 Å². The molecule has 2 aromatic heterocycles. The third-order valence-electron chi connectivity index (χ3n) is 10.1. The molecule has 0 amide bonds. The van der Waals surface area contributed by atoms with E-state index in [1.54, 1.807) is 0 Å². The molecule has 10 aromatic rings. The van der Waals surface area contributed by atoms with Gasteiger partial charge >= 0.3 is 0 Å². The highest BCUT2D eigenvalue weighted by molar-refractivity contribution is 6.09. The zero-order chi connectivity index (χ0) is 37.4. The van der Waals surface area contributed by atoms with Crippen LogP contribution in [0, 0.1) is 0 Å². The molecular weight excluding hydrogens is 669 g/mol. The molecule has 2 heterocycles. The number of aromatic nitrogens is 4. The smallest absolute Gasteiger partial charge is 0.164 e. The van der Waals surface area contributed by atoms with Crippen molar-refractivity contribution in [2.24, 2.45) is 0 Å². The fourth-order valence-corrected chi connectivity index (χ4v) is 7.51. The van der Waals surface area contributed by atoms with E-state index in [1.807, 2.05) is 66.7 Å². The molecule has 0 aliphatic rings. The second-order valence-corrected chi connectivity index (χ2v) is 13.6. The largest absolute Gasteiger partial charge is 0.309 e. The van der Waals surface area contributed by atoms with E-state index < -0.39 is 0 Å². The van der Waals surface area contributed by atoms with Crippen molar-refractivity contribution in [3.63, 3.8) is 0 Å². The molecule has 0 spiro atoms. The third kappa shape index (κ3) is 6.06. The highest BCUT2D eigenvalue weighted by Crippen LogP contribution is 2.39. The first kappa shape index (κ1) is 31.1. The molecule has 55 heavy (non-hydrogen) atoms. The van der Waals surface area contributed by atoms with Crippen LogP contribution in [-0.2, 0) is 0 Å². The zero-order valence-corrected chi connectivity index (χ0v) is 29.8. The van der Waals surface area contributed by atoms with Crippen LogP contribution >= 0.6 is 0 Å². The molecule has 4 heteroatoms. The van der Waals surface area contributed by atoms with Gasteiger partial charge in [-0.1, -0.05) is 170 Å². The molecular formula is C51H34N4. The minimum absolute atomic E-state index is 0.381. The van der Waals surface area contributed by atoms with Crippen LogP contribution in [0.25, 0.3) is 95.0 Å². The van der Waals surface area contributed by atoms with Gasteiger partial charge in [-0.3, -0.25) is 0 Å². The van der Waals surface area contributed by atoms with Crippen molar-refractivity contribution in [1.29, 1.82) is 0 Å². The van der Waals surface area contributed by atoms with Crippen LogP contribution in [0.2, 0.25) is 0 Å². The molecule has 0 fully saturated rings. The Hall–Kier alpha value is -7.43. The summed E-state index contributed by atoms with van der Waals surface area (Å²) in [4.78, 5) is 15.5. The van der Waals surface area contributed by atoms with Crippen LogP contribution in [0.5, 0.6) is 0 Å². The molecule has 0 N–H and O–H groups in total. The summed E-state index contributed by atoms with van der Waals surface area (Å²) in [6.45, 7) is 0. The Morgan fingerprint density at radius 1 is 0.327 bits per heavy atom. The van der Waals surface area contributed by atoms with Crippen LogP contribution in [0.15, 0.2) is 206 Å². The van der Waals surface area contributed by atoms with Gasteiger partial charge in [0.2, 0.25) is 0 Å². The van der Waals surface area contributed by atoms with E-state index in [4.69, 9.17) is 15.0 Å². The Morgan fingerprint density at radius 2 is 0.727 bits per heavy atom.